The number of anilines is 1. The number of hydrogen-bond acceptors (Lipinski definition) is 9. The summed E-state index contributed by atoms with van der Waals surface area (Å²) < 4.78 is 35.4. The number of fused-ring (bicyclic) bond motifs is 1. The number of amides is 1. The van der Waals surface area contributed by atoms with Crippen molar-refractivity contribution < 1.29 is 27.2 Å². The fourth-order valence-electron chi connectivity index (χ4n) is 3.44. The summed E-state index contributed by atoms with van der Waals surface area (Å²) in [6.45, 7) is 0. The number of methoxy groups -OCH3 is 1. The number of sulfone groups is 1. The number of thiophene rings is 1. The highest BCUT2D eigenvalue weighted by atomic mass is 35.5. The van der Waals surface area contributed by atoms with Crippen LogP contribution in [0.5, 0.6) is 0 Å². The van der Waals surface area contributed by atoms with Crippen molar-refractivity contribution >= 4 is 49.7 Å². The molecule has 1 N–H and O–H groups in total. The van der Waals surface area contributed by atoms with E-state index in [0.717, 1.165) is 29.7 Å². The number of carbonyl (C=O) groups excluding carboxylic acids is 2. The van der Waals surface area contributed by atoms with Gasteiger partial charge in [0.25, 0.3) is 0 Å². The molecular formula is C20H18ClN3O6S2. The van der Waals surface area contributed by atoms with Gasteiger partial charge in [0.05, 0.1) is 12.7 Å². The van der Waals surface area contributed by atoms with Crippen molar-refractivity contribution in [3.8, 4) is 11.5 Å². The van der Waals surface area contributed by atoms with E-state index in [1.165, 1.54) is 18.4 Å². The molecule has 1 aromatic carbocycles. The molecule has 9 nitrogen and oxygen atoms in total. The summed E-state index contributed by atoms with van der Waals surface area (Å²) in [5, 5.41) is 9.87. The molecule has 12 heteroatoms. The first-order valence-electron chi connectivity index (χ1n) is 9.63. The molecule has 0 unspecified atom stereocenters. The van der Waals surface area contributed by atoms with Crippen molar-refractivity contribution in [3.63, 3.8) is 0 Å². The van der Waals surface area contributed by atoms with Crippen LogP contribution < -0.4 is 5.32 Å². The van der Waals surface area contributed by atoms with Crippen molar-refractivity contribution in [2.24, 2.45) is 0 Å². The zero-order valence-electron chi connectivity index (χ0n) is 16.9. The molecule has 1 amide bonds. The number of rotatable bonds is 6. The Morgan fingerprint density at radius 3 is 2.78 bits per heavy atom. The number of benzene rings is 1. The number of halogens is 1. The topological polar surface area (TPSA) is 128 Å². The maximum atomic E-state index is 12.6. The predicted molar refractivity (Wildman–Crippen MR) is 118 cm³/mol. The summed E-state index contributed by atoms with van der Waals surface area (Å²) in [5.41, 5.74) is 1.59. The van der Waals surface area contributed by atoms with E-state index in [0.29, 0.717) is 22.6 Å². The summed E-state index contributed by atoms with van der Waals surface area (Å²) in [4.78, 5) is 25.8. The summed E-state index contributed by atoms with van der Waals surface area (Å²) in [6.07, 6.45) is 3.43. The molecule has 0 aliphatic heterocycles. The Morgan fingerprint density at radius 2 is 2.03 bits per heavy atom. The van der Waals surface area contributed by atoms with Crippen LogP contribution in [0, 0.1) is 0 Å². The Balaban J connectivity index is 1.53. The molecule has 0 saturated heterocycles. The highest BCUT2D eigenvalue weighted by Crippen LogP contribution is 2.38. The number of nitrogens with one attached hydrogen (secondary N) is 1. The summed E-state index contributed by atoms with van der Waals surface area (Å²) in [7, 11) is -2.95. The van der Waals surface area contributed by atoms with Gasteiger partial charge < -0.3 is 14.5 Å². The second kappa shape index (κ2) is 9.00. The highest BCUT2D eigenvalue weighted by molar-refractivity contribution is 7.91. The molecular weight excluding hydrogens is 478 g/mol. The minimum Gasteiger partial charge on any atom is -0.465 e. The molecule has 0 saturated carbocycles. The van der Waals surface area contributed by atoms with Crippen molar-refractivity contribution in [3.05, 3.63) is 45.3 Å². The molecule has 4 rings (SSSR count). The smallest absolute Gasteiger partial charge is 0.341 e. The number of esters is 1. The number of nitrogens with zero attached hydrogens (tertiary/aromatic N) is 2. The normalized spacial score (nSPS) is 13.4. The van der Waals surface area contributed by atoms with Crippen LogP contribution in [0.4, 0.5) is 5.00 Å². The van der Waals surface area contributed by atoms with Crippen LogP contribution in [-0.4, -0.2) is 43.4 Å². The average Bonchev–Trinajstić information content (AvgIpc) is 3.38. The van der Waals surface area contributed by atoms with Gasteiger partial charge in [0, 0.05) is 15.5 Å². The second-order valence-corrected chi connectivity index (χ2v) is 10.5. The average molecular weight is 496 g/mol. The van der Waals surface area contributed by atoms with E-state index in [4.69, 9.17) is 20.8 Å². The van der Waals surface area contributed by atoms with Crippen LogP contribution in [0.1, 0.15) is 33.6 Å². The quantitative estimate of drug-likeness (QED) is 0.514. The van der Waals surface area contributed by atoms with Crippen molar-refractivity contribution in [1.29, 1.82) is 0 Å². The van der Waals surface area contributed by atoms with Gasteiger partial charge >= 0.3 is 11.2 Å². The molecule has 0 fully saturated rings. The fraction of sp³-hybridized carbons (Fsp3) is 0.300. The molecule has 0 atom stereocenters. The van der Waals surface area contributed by atoms with E-state index in [-0.39, 0.29) is 10.9 Å². The Morgan fingerprint density at radius 1 is 1.25 bits per heavy atom. The SMILES string of the molecule is COC(=O)c1c(NC(=O)CS(=O)(=O)c2nnc(-c3cccc(Cl)c3)o2)sc2c1CCCC2. The van der Waals surface area contributed by atoms with Crippen LogP contribution in [0.25, 0.3) is 11.5 Å². The van der Waals surface area contributed by atoms with Gasteiger partial charge in [0.1, 0.15) is 10.8 Å². The van der Waals surface area contributed by atoms with E-state index in [1.807, 2.05) is 0 Å². The first-order chi connectivity index (χ1) is 15.3. The maximum absolute atomic E-state index is 12.6. The molecule has 1 aliphatic carbocycles. The minimum absolute atomic E-state index is 0.0367. The maximum Gasteiger partial charge on any atom is 0.341 e. The van der Waals surface area contributed by atoms with Gasteiger partial charge in [0.2, 0.25) is 21.6 Å². The summed E-state index contributed by atoms with van der Waals surface area (Å²) >= 11 is 7.19. The lowest BCUT2D eigenvalue weighted by atomic mass is 9.95. The lowest BCUT2D eigenvalue weighted by molar-refractivity contribution is -0.113. The lowest BCUT2D eigenvalue weighted by Crippen LogP contribution is -2.24. The molecule has 0 bridgehead atoms. The van der Waals surface area contributed by atoms with Crippen LogP contribution >= 0.6 is 22.9 Å². The Labute approximate surface area is 192 Å². The largest absolute Gasteiger partial charge is 0.465 e. The first-order valence-corrected chi connectivity index (χ1v) is 12.5. The third-order valence-electron chi connectivity index (χ3n) is 4.88. The van der Waals surface area contributed by atoms with Crippen molar-refractivity contribution in [1.82, 2.24) is 10.2 Å². The number of ether oxygens (including phenoxy) is 1. The van der Waals surface area contributed by atoms with Crippen molar-refractivity contribution in [2.45, 2.75) is 30.9 Å². The molecule has 2 aromatic heterocycles. The Hall–Kier alpha value is -2.76. The van der Waals surface area contributed by atoms with E-state index in [1.54, 1.807) is 24.3 Å². The van der Waals surface area contributed by atoms with E-state index >= 15 is 0 Å². The van der Waals surface area contributed by atoms with Gasteiger partial charge in [-0.05, 0) is 49.4 Å². The second-order valence-electron chi connectivity index (χ2n) is 7.10. The van der Waals surface area contributed by atoms with Gasteiger partial charge in [-0.2, -0.15) is 0 Å². The molecule has 1 aliphatic rings. The number of aromatic nitrogens is 2. The lowest BCUT2D eigenvalue weighted by Gasteiger charge is -2.11. The third-order valence-corrected chi connectivity index (χ3v) is 7.66. The Kier molecular flexibility index (Phi) is 6.31. The third kappa shape index (κ3) is 4.54. The zero-order valence-corrected chi connectivity index (χ0v) is 19.3. The number of aryl methyl sites for hydroxylation is 1. The van der Waals surface area contributed by atoms with Crippen molar-refractivity contribution in [2.75, 3.05) is 18.2 Å². The molecule has 168 valence electrons. The Bertz CT molecular complexity index is 1300. The monoisotopic (exact) mass is 495 g/mol. The predicted octanol–water partition coefficient (Wildman–Crippen LogP) is 3.53. The first kappa shape index (κ1) is 22.4. The number of carbonyl (C=O) groups is 2. The molecule has 32 heavy (non-hydrogen) atoms. The minimum atomic E-state index is -4.21. The summed E-state index contributed by atoms with van der Waals surface area (Å²) in [6, 6.07) is 6.48. The van der Waals surface area contributed by atoms with Gasteiger partial charge in [-0.15, -0.1) is 16.4 Å². The fourth-order valence-corrected chi connectivity index (χ4v) is 5.84. The van der Waals surface area contributed by atoms with Gasteiger partial charge in [-0.3, -0.25) is 4.79 Å². The standard InChI is InChI=1S/C20H18ClN3O6S2/c1-29-19(26)16-13-7-2-3-8-14(13)31-18(16)22-15(25)10-32(27,28)20-24-23-17(30-20)11-5-4-6-12(21)9-11/h4-6,9H,2-3,7-8,10H2,1H3,(H,22,25). The van der Waals surface area contributed by atoms with Crippen LogP contribution in [0.3, 0.4) is 0 Å². The van der Waals surface area contributed by atoms with Crippen LogP contribution in [0.2, 0.25) is 5.02 Å². The van der Waals surface area contributed by atoms with E-state index in [9.17, 15) is 18.0 Å². The number of hydrogen-bond donors (Lipinski definition) is 1. The van der Waals surface area contributed by atoms with Gasteiger partial charge in [0.15, 0.2) is 0 Å². The zero-order chi connectivity index (χ0) is 22.9. The molecule has 0 radical (unpaired) electrons. The molecule has 3 aromatic rings. The van der Waals surface area contributed by atoms with E-state index < -0.39 is 32.7 Å². The molecule has 2 heterocycles. The van der Waals surface area contributed by atoms with Crippen LogP contribution in [-0.2, 0) is 32.2 Å². The molecule has 0 spiro atoms. The van der Waals surface area contributed by atoms with Gasteiger partial charge in [-0.25, -0.2) is 13.2 Å². The summed E-state index contributed by atoms with van der Waals surface area (Å²) in [5.74, 6) is -2.35. The van der Waals surface area contributed by atoms with E-state index in [2.05, 4.69) is 15.5 Å². The highest BCUT2D eigenvalue weighted by Gasteiger charge is 2.30. The van der Waals surface area contributed by atoms with Gasteiger partial charge in [-0.1, -0.05) is 22.8 Å². The van der Waals surface area contributed by atoms with Crippen LogP contribution in [0.15, 0.2) is 33.9 Å².